The van der Waals surface area contributed by atoms with E-state index in [-0.39, 0.29) is 85.3 Å². The number of carbonyl (C=O) groups excluding carboxylic acids is 2. The summed E-state index contributed by atoms with van der Waals surface area (Å²) in [7, 11) is 0. The molecule has 4 N–H and O–H groups in total. The van der Waals surface area contributed by atoms with E-state index in [4.69, 9.17) is 25.2 Å². The van der Waals surface area contributed by atoms with Crippen molar-refractivity contribution in [3.05, 3.63) is 97.2 Å². The van der Waals surface area contributed by atoms with Crippen molar-refractivity contribution < 1.29 is 110 Å². The normalized spacial score (nSPS) is 31.9. The molecular weight excluding hydrogens is 722 g/mol. The van der Waals surface area contributed by atoms with Gasteiger partial charge < -0.3 is 36.5 Å². The fraction of sp³-hybridized carbons (Fsp3) is 0.581. The van der Waals surface area contributed by atoms with Crippen LogP contribution in [-0.4, -0.2) is 57.6 Å². The predicted octanol–water partition coefficient (Wildman–Crippen LogP) is 1.14. The molecule has 8 rings (SSSR count). The fourth-order valence-corrected chi connectivity index (χ4v) is 6.82. The number of hydrogen-bond donors (Lipinski definition) is 4. The third kappa shape index (κ3) is 23.6. The minimum absolute atomic E-state index is 0. The number of allylic oxidation sites excluding steroid dienone is 13. The first kappa shape index (κ1) is 53.6. The maximum Gasteiger partial charge on any atom is 1.00 e. The molecule has 0 aromatic carbocycles. The summed E-state index contributed by atoms with van der Waals surface area (Å²) in [6.45, 7) is 5.18. The van der Waals surface area contributed by atoms with Gasteiger partial charge in [0.1, 0.15) is 0 Å². The Bertz CT molecular complexity index is 1220. The zero-order chi connectivity index (χ0) is 38.8. The zero-order valence-corrected chi connectivity index (χ0v) is 37.7. The van der Waals surface area contributed by atoms with Gasteiger partial charge in [-0.3, -0.25) is 4.79 Å². The molecule has 1 saturated heterocycles. The number of aliphatic hydroxyl groups is 3. The van der Waals surface area contributed by atoms with Crippen LogP contribution in [0, 0.1) is 41.4 Å². The molecule has 0 aromatic rings. The van der Waals surface area contributed by atoms with E-state index in [1.54, 1.807) is 0 Å². The molecule has 0 aromatic heterocycles. The van der Waals surface area contributed by atoms with Gasteiger partial charge >= 0.3 is 65.1 Å². The Kier molecular flexibility index (Phi) is 31.7. The first-order valence-electron chi connectivity index (χ1n) is 19.2. The van der Waals surface area contributed by atoms with E-state index in [1.807, 2.05) is 18.2 Å². The van der Waals surface area contributed by atoms with Crippen LogP contribution < -0.4 is 64.4 Å². The van der Waals surface area contributed by atoms with E-state index in [2.05, 4.69) is 103 Å². The Labute approximate surface area is 374 Å². The van der Waals surface area contributed by atoms with Crippen LogP contribution in [0.1, 0.15) is 92.8 Å². The smallest absolute Gasteiger partial charge is 1.00 e. The largest absolute Gasteiger partial charge is 1.00 e. The summed E-state index contributed by atoms with van der Waals surface area (Å²) < 4.78 is 5.15. The fourth-order valence-electron chi connectivity index (χ4n) is 6.82. The molecule has 7 aliphatic carbocycles. The van der Waals surface area contributed by atoms with Crippen LogP contribution in [0.2, 0.25) is 0 Å². The van der Waals surface area contributed by atoms with Crippen LogP contribution in [0.3, 0.4) is 0 Å². The van der Waals surface area contributed by atoms with Crippen molar-refractivity contribution in [2.45, 2.75) is 116 Å². The summed E-state index contributed by atoms with van der Waals surface area (Å²) >= 11 is 0. The second-order valence-corrected chi connectivity index (χ2v) is 14.2. The molecule has 9 atom stereocenters. The summed E-state index contributed by atoms with van der Waals surface area (Å²) in [5, 5.41) is 43.4. The summed E-state index contributed by atoms with van der Waals surface area (Å²) in [6.07, 6.45) is 46.3. The quantitative estimate of drug-likeness (QED) is 0.0968. The SMILES string of the molecule is C1=CC2C=CC1C2.C1=CC2CC2C1.CC(=O)OO.CC/C=C\C[C@H]1CC=C[C@H]1O.CC/C=C\C[C@H]1CC=C[C@H]1O.O=CO[O-].OC1C[C@H]2CC=CC2O1.[H-].[Na+].[Na+]. The van der Waals surface area contributed by atoms with E-state index < -0.39 is 12.3 Å². The van der Waals surface area contributed by atoms with Gasteiger partial charge in [0, 0.05) is 13.3 Å². The third-order valence-corrected chi connectivity index (χ3v) is 9.96. The van der Waals surface area contributed by atoms with Gasteiger partial charge in [-0.05, 0) is 106 Å². The van der Waals surface area contributed by atoms with Gasteiger partial charge in [-0.1, -0.05) is 111 Å². The molecule has 1 saturated carbocycles. The standard InChI is InChI=1S/2C10H16O.C7H10O2.C7H8.C6H8.C2H4O3.CH2O3.2Na.H/c2*1-2-3-4-6-9-7-5-8-10(9)11;8-7-4-5-2-1-3-6(5)9-7;1-2-7-4-3-6(1)5-7;1-2-5-4-6(5)3-1;1-2(3)5-4;2-1-4-3;;;/h2*3-5,8-11H,2,6-7H2,1H3;1,3,5-8H,2,4H2;1-4,6-7H,5H2;1-2,5-6H,3-4H2;4H,1H3;1,3H;;;/q;;;;;;;2*+1;-1/p-1/b2*4-3-;;;;;;;;/t2*9-,10+;5-,6?,7?;;;;;;;/m001......./s1. The number of rotatable bonds is 7. The molecule has 4 unspecified atom stereocenters. The minimum Gasteiger partial charge on any atom is -1.00 e. The van der Waals surface area contributed by atoms with E-state index in [1.165, 1.54) is 19.3 Å². The molecule has 1 aliphatic heterocycles. The van der Waals surface area contributed by atoms with Crippen molar-refractivity contribution in [3.8, 4) is 0 Å². The van der Waals surface area contributed by atoms with Crippen molar-refractivity contribution in [1.82, 2.24) is 0 Å². The topological polar surface area (TPSA) is 166 Å². The van der Waals surface area contributed by atoms with Crippen molar-refractivity contribution in [1.29, 1.82) is 0 Å². The molecule has 2 bridgehead atoms. The van der Waals surface area contributed by atoms with Gasteiger partial charge in [-0.25, -0.2) is 4.79 Å². The molecule has 8 aliphatic rings. The van der Waals surface area contributed by atoms with Crippen LogP contribution in [0.5, 0.6) is 0 Å². The second-order valence-electron chi connectivity index (χ2n) is 14.2. The van der Waals surface area contributed by atoms with E-state index >= 15 is 0 Å². The van der Waals surface area contributed by atoms with Gasteiger partial charge in [-0.2, -0.15) is 5.26 Å². The van der Waals surface area contributed by atoms with Crippen LogP contribution in [0.15, 0.2) is 97.2 Å². The van der Waals surface area contributed by atoms with Crippen molar-refractivity contribution in [2.24, 2.45) is 41.4 Å². The molecule has 298 valence electrons. The molecule has 12 heteroatoms. The van der Waals surface area contributed by atoms with Crippen LogP contribution in [0.25, 0.3) is 0 Å². The molecule has 0 radical (unpaired) electrons. The van der Waals surface area contributed by atoms with Gasteiger partial charge in [-0.15, -0.1) is 0 Å². The summed E-state index contributed by atoms with van der Waals surface area (Å²) in [5.74, 6) is 4.52. The molecule has 55 heavy (non-hydrogen) atoms. The Hall–Kier alpha value is -1.38. The Morgan fingerprint density at radius 2 is 1.18 bits per heavy atom. The third-order valence-electron chi connectivity index (χ3n) is 9.96. The van der Waals surface area contributed by atoms with Gasteiger partial charge in [0.15, 0.2) is 6.29 Å². The monoisotopic (exact) mass is 786 g/mol. The Morgan fingerprint density at radius 1 is 0.727 bits per heavy atom. The zero-order valence-electron chi connectivity index (χ0n) is 34.7. The summed E-state index contributed by atoms with van der Waals surface area (Å²) in [4.78, 5) is 23.7. The number of ether oxygens (including phenoxy) is 1. The number of fused-ring (bicyclic) bond motifs is 4. The molecule has 2 fully saturated rings. The molecule has 1 heterocycles. The average Bonchev–Trinajstić information content (AvgIpc) is 3.96. The Balaban J connectivity index is 0. The maximum absolute atomic E-state index is 9.37. The van der Waals surface area contributed by atoms with Gasteiger partial charge in [0.05, 0.1) is 18.3 Å². The van der Waals surface area contributed by atoms with Crippen molar-refractivity contribution in [2.75, 3.05) is 0 Å². The molecule has 10 nitrogen and oxygen atoms in total. The number of carbonyl (C=O) groups is 2. The van der Waals surface area contributed by atoms with Gasteiger partial charge in [0.2, 0.25) is 0 Å². The van der Waals surface area contributed by atoms with E-state index in [9.17, 15) is 15.0 Å². The minimum atomic E-state index is -0.690. The number of aliphatic hydroxyl groups excluding tert-OH is 3. The molecular formula is C43H64Na2O10. The van der Waals surface area contributed by atoms with Crippen LogP contribution in [0.4, 0.5) is 0 Å². The Morgan fingerprint density at radius 3 is 1.45 bits per heavy atom. The maximum atomic E-state index is 9.37. The molecule has 0 spiro atoms. The van der Waals surface area contributed by atoms with E-state index in [0.29, 0.717) is 17.8 Å². The predicted molar refractivity (Wildman–Crippen MR) is 205 cm³/mol. The van der Waals surface area contributed by atoms with E-state index in [0.717, 1.165) is 82.0 Å². The first-order valence-corrected chi connectivity index (χ1v) is 19.2. The second kappa shape index (κ2) is 32.6. The summed E-state index contributed by atoms with van der Waals surface area (Å²) in [5.41, 5.74) is 0. The first-order chi connectivity index (χ1) is 25.6. The van der Waals surface area contributed by atoms with Crippen LogP contribution >= 0.6 is 0 Å². The molecule has 0 amide bonds. The van der Waals surface area contributed by atoms with Gasteiger partial charge in [0.25, 0.3) is 6.47 Å². The number of hydrogen-bond acceptors (Lipinski definition) is 10. The van der Waals surface area contributed by atoms with Crippen molar-refractivity contribution >= 4 is 12.4 Å². The van der Waals surface area contributed by atoms with Crippen LogP contribution in [-0.2, 0) is 24.1 Å². The summed E-state index contributed by atoms with van der Waals surface area (Å²) in [6, 6.07) is 0. The van der Waals surface area contributed by atoms with Crippen molar-refractivity contribution in [3.63, 3.8) is 0 Å². The average molecular weight is 787 g/mol.